The van der Waals surface area contributed by atoms with Gasteiger partial charge in [-0.05, 0) is 24.1 Å². The maximum absolute atomic E-state index is 13.1. The maximum Gasteiger partial charge on any atom is 0.227 e. The predicted octanol–water partition coefficient (Wildman–Crippen LogP) is 3.53. The summed E-state index contributed by atoms with van der Waals surface area (Å²) in [6, 6.07) is 3.58. The number of carbonyl (C=O) groups excluding carboxylic acids is 1. The maximum atomic E-state index is 13.1. The summed E-state index contributed by atoms with van der Waals surface area (Å²) >= 11 is 3.31. The van der Waals surface area contributed by atoms with Gasteiger partial charge in [0.1, 0.15) is 0 Å². The van der Waals surface area contributed by atoms with Crippen molar-refractivity contribution in [3.05, 3.63) is 35.4 Å². The lowest BCUT2D eigenvalue weighted by Gasteiger charge is -2.21. The van der Waals surface area contributed by atoms with E-state index in [1.165, 1.54) is 6.07 Å². The Labute approximate surface area is 120 Å². The molecule has 0 aliphatic carbocycles. The number of nitrogens with zero attached hydrogens (tertiary/aromatic N) is 1. The highest BCUT2D eigenvalue weighted by atomic mass is 79.9. The molecule has 1 amide bonds. The summed E-state index contributed by atoms with van der Waals surface area (Å²) in [7, 11) is 0. The number of hydrogen-bond donors (Lipinski definition) is 0. The molecule has 0 N–H and O–H groups in total. The number of carbonyl (C=O) groups is 1. The van der Waals surface area contributed by atoms with Gasteiger partial charge in [-0.1, -0.05) is 35.3 Å². The third kappa shape index (κ3) is 5.27. The fourth-order valence-electron chi connectivity index (χ4n) is 1.75. The van der Waals surface area contributed by atoms with Gasteiger partial charge in [-0.15, -0.1) is 0 Å². The lowest BCUT2D eigenvalue weighted by molar-refractivity contribution is -0.130. The lowest BCUT2D eigenvalue weighted by Crippen LogP contribution is -2.34. The molecule has 106 valence electrons. The van der Waals surface area contributed by atoms with Gasteiger partial charge in [-0.3, -0.25) is 4.79 Å². The minimum atomic E-state index is -0.911. The second-order valence-corrected chi connectivity index (χ2v) is 5.14. The Kier molecular flexibility index (Phi) is 6.99. The molecule has 5 heteroatoms. The van der Waals surface area contributed by atoms with E-state index in [9.17, 15) is 13.6 Å². The molecule has 2 nitrogen and oxygen atoms in total. The van der Waals surface area contributed by atoms with Crippen LogP contribution in [0.1, 0.15) is 25.3 Å². The van der Waals surface area contributed by atoms with E-state index in [1.807, 2.05) is 0 Å². The molecule has 0 aliphatic rings. The first-order valence-electron chi connectivity index (χ1n) is 6.36. The molecule has 0 aliphatic heterocycles. The molecule has 0 saturated carbocycles. The van der Waals surface area contributed by atoms with E-state index in [2.05, 4.69) is 22.9 Å². The number of hydrogen-bond acceptors (Lipinski definition) is 1. The van der Waals surface area contributed by atoms with Gasteiger partial charge in [0.25, 0.3) is 0 Å². The molecule has 1 aromatic carbocycles. The van der Waals surface area contributed by atoms with Crippen molar-refractivity contribution in [2.45, 2.75) is 26.2 Å². The van der Waals surface area contributed by atoms with Crippen LogP contribution < -0.4 is 0 Å². The van der Waals surface area contributed by atoms with E-state index >= 15 is 0 Å². The van der Waals surface area contributed by atoms with Crippen molar-refractivity contribution in [1.82, 2.24) is 4.90 Å². The Morgan fingerprint density at radius 1 is 1.26 bits per heavy atom. The number of unbranched alkanes of at least 4 members (excludes halogenated alkanes) is 1. The van der Waals surface area contributed by atoms with E-state index in [0.29, 0.717) is 24.0 Å². The van der Waals surface area contributed by atoms with E-state index in [4.69, 9.17) is 0 Å². The second-order valence-electron chi connectivity index (χ2n) is 4.35. The van der Waals surface area contributed by atoms with Crippen LogP contribution >= 0.6 is 15.9 Å². The Hall–Kier alpha value is -0.970. The number of amides is 1. The van der Waals surface area contributed by atoms with Crippen LogP contribution in [0.2, 0.25) is 0 Å². The smallest absolute Gasteiger partial charge is 0.227 e. The third-order valence-corrected chi connectivity index (χ3v) is 3.18. The van der Waals surface area contributed by atoms with Crippen LogP contribution in [0.5, 0.6) is 0 Å². The molecule has 0 spiro atoms. The topological polar surface area (TPSA) is 20.3 Å². The highest BCUT2D eigenvalue weighted by molar-refractivity contribution is 9.09. The fourth-order valence-corrected chi connectivity index (χ4v) is 2.18. The average molecular weight is 334 g/mol. The first-order chi connectivity index (χ1) is 9.08. The number of benzene rings is 1. The molecule has 0 unspecified atom stereocenters. The van der Waals surface area contributed by atoms with Crippen molar-refractivity contribution in [3.63, 3.8) is 0 Å². The summed E-state index contributed by atoms with van der Waals surface area (Å²) in [5.74, 6) is -1.86. The van der Waals surface area contributed by atoms with Crippen LogP contribution in [0.3, 0.4) is 0 Å². The van der Waals surface area contributed by atoms with Crippen LogP contribution in [0.15, 0.2) is 18.2 Å². The zero-order chi connectivity index (χ0) is 14.3. The Morgan fingerprint density at radius 3 is 2.58 bits per heavy atom. The van der Waals surface area contributed by atoms with Gasteiger partial charge in [0.05, 0.1) is 6.42 Å². The number of halogens is 3. The van der Waals surface area contributed by atoms with Gasteiger partial charge >= 0.3 is 0 Å². The highest BCUT2D eigenvalue weighted by Crippen LogP contribution is 2.11. The number of alkyl halides is 1. The molecule has 0 atom stereocenters. The summed E-state index contributed by atoms with van der Waals surface area (Å²) in [6.07, 6.45) is 2.06. The fraction of sp³-hybridized carbons (Fsp3) is 0.500. The van der Waals surface area contributed by atoms with Crippen LogP contribution in [0.4, 0.5) is 8.78 Å². The molecule has 0 heterocycles. The van der Waals surface area contributed by atoms with Crippen LogP contribution in [-0.4, -0.2) is 29.2 Å². The lowest BCUT2D eigenvalue weighted by atomic mass is 10.1. The first kappa shape index (κ1) is 16.1. The average Bonchev–Trinajstić information content (AvgIpc) is 2.38. The molecule has 19 heavy (non-hydrogen) atoms. The van der Waals surface area contributed by atoms with Gasteiger partial charge in [-0.2, -0.15) is 0 Å². The van der Waals surface area contributed by atoms with Crippen molar-refractivity contribution in [3.8, 4) is 0 Å². The largest absolute Gasteiger partial charge is 0.342 e. The molecule has 1 rings (SSSR count). The van der Waals surface area contributed by atoms with Crippen molar-refractivity contribution in [2.24, 2.45) is 0 Å². The van der Waals surface area contributed by atoms with Crippen molar-refractivity contribution in [2.75, 3.05) is 18.4 Å². The van der Waals surface area contributed by atoms with Gasteiger partial charge in [0.2, 0.25) is 5.91 Å². The molecule has 0 aromatic heterocycles. The predicted molar refractivity (Wildman–Crippen MR) is 75.3 cm³/mol. The molecular weight excluding hydrogens is 316 g/mol. The van der Waals surface area contributed by atoms with E-state index in [0.717, 1.165) is 25.0 Å². The third-order valence-electron chi connectivity index (χ3n) is 2.83. The summed E-state index contributed by atoms with van der Waals surface area (Å²) in [4.78, 5) is 13.8. The normalized spacial score (nSPS) is 10.5. The Morgan fingerprint density at radius 2 is 2.00 bits per heavy atom. The summed E-state index contributed by atoms with van der Waals surface area (Å²) in [5, 5.41) is 0.709. The van der Waals surface area contributed by atoms with Crippen LogP contribution in [0.25, 0.3) is 0 Å². The van der Waals surface area contributed by atoms with Crippen LogP contribution in [-0.2, 0) is 11.2 Å². The molecule has 0 saturated heterocycles. The van der Waals surface area contributed by atoms with Crippen molar-refractivity contribution < 1.29 is 13.6 Å². The molecule has 0 radical (unpaired) electrons. The van der Waals surface area contributed by atoms with Gasteiger partial charge in [-0.25, -0.2) is 8.78 Å². The second kappa shape index (κ2) is 8.25. The van der Waals surface area contributed by atoms with Crippen molar-refractivity contribution in [1.29, 1.82) is 0 Å². The monoisotopic (exact) mass is 333 g/mol. The summed E-state index contributed by atoms with van der Waals surface area (Å²) < 4.78 is 25.9. The molecule has 0 fully saturated rings. The molecular formula is C14H18BrF2NO. The minimum Gasteiger partial charge on any atom is -0.342 e. The van der Waals surface area contributed by atoms with E-state index in [-0.39, 0.29) is 12.3 Å². The Bertz CT molecular complexity index is 426. The minimum absolute atomic E-state index is 0.0566. The van der Waals surface area contributed by atoms with Gasteiger partial charge in [0.15, 0.2) is 11.6 Å². The Balaban J connectivity index is 2.66. The SMILES string of the molecule is CCCCN(CCBr)C(=O)Cc1ccc(F)c(F)c1. The van der Waals surface area contributed by atoms with E-state index in [1.54, 1.807) is 4.90 Å². The first-order valence-corrected chi connectivity index (χ1v) is 7.48. The zero-order valence-electron chi connectivity index (χ0n) is 11.0. The highest BCUT2D eigenvalue weighted by Gasteiger charge is 2.14. The van der Waals surface area contributed by atoms with Crippen LogP contribution in [0, 0.1) is 11.6 Å². The van der Waals surface area contributed by atoms with Gasteiger partial charge in [0, 0.05) is 18.4 Å². The molecule has 0 bridgehead atoms. The van der Waals surface area contributed by atoms with Crippen molar-refractivity contribution >= 4 is 21.8 Å². The standard InChI is InChI=1S/C14H18BrF2NO/c1-2-3-7-18(8-6-15)14(19)10-11-4-5-12(16)13(17)9-11/h4-5,9H,2-3,6-8,10H2,1H3. The zero-order valence-corrected chi connectivity index (χ0v) is 12.6. The number of rotatable bonds is 7. The van der Waals surface area contributed by atoms with E-state index < -0.39 is 11.6 Å². The quantitative estimate of drug-likeness (QED) is 0.699. The summed E-state index contributed by atoms with van der Waals surface area (Å²) in [6.45, 7) is 3.39. The molecule has 1 aromatic rings. The summed E-state index contributed by atoms with van der Waals surface area (Å²) in [5.41, 5.74) is 0.500. The van der Waals surface area contributed by atoms with Gasteiger partial charge < -0.3 is 4.90 Å².